The molecule has 1 aromatic heterocycles. The lowest BCUT2D eigenvalue weighted by molar-refractivity contribution is 0.283. The molecule has 0 bridgehead atoms. The maximum atomic E-state index is 13.5. The molecule has 1 N–H and O–H groups in total. The van der Waals surface area contributed by atoms with Crippen LogP contribution in [-0.2, 0) is 6.61 Å². The lowest BCUT2D eigenvalue weighted by Gasteiger charge is -2.14. The van der Waals surface area contributed by atoms with Crippen molar-refractivity contribution >= 4 is 33.0 Å². The minimum atomic E-state index is -0.672. The Kier molecular flexibility index (Phi) is 6.18. The molecule has 0 aliphatic carbocycles. The molecular weight excluding hydrogens is 481 g/mol. The second-order valence-corrected chi connectivity index (χ2v) is 7.70. The van der Waals surface area contributed by atoms with Crippen LogP contribution < -0.4 is 20.7 Å². The first kappa shape index (κ1) is 21.5. The lowest BCUT2D eigenvalue weighted by Crippen LogP contribution is -2.32. The topological polar surface area (TPSA) is 85.7 Å². The van der Waals surface area contributed by atoms with E-state index in [2.05, 4.69) is 26.0 Å². The molecule has 0 fully saturated rings. The third-order valence-electron chi connectivity index (χ3n) is 4.64. The van der Waals surface area contributed by atoms with Gasteiger partial charge in [0.05, 0.1) is 24.2 Å². The van der Waals surface area contributed by atoms with E-state index in [0.717, 1.165) is 4.68 Å². The van der Waals surface area contributed by atoms with Gasteiger partial charge in [0.25, 0.3) is 5.56 Å². The van der Waals surface area contributed by atoms with Crippen LogP contribution in [0.4, 0.5) is 4.39 Å². The summed E-state index contributed by atoms with van der Waals surface area (Å²) in [6.45, 7) is 0.0765. The molecule has 4 rings (SSSR count). The number of hydrogen-bond acceptors (Lipinski definition) is 5. The number of para-hydroxylation sites is 1. The Balaban J connectivity index is 1.74. The van der Waals surface area contributed by atoms with Crippen LogP contribution >= 0.6 is 15.9 Å². The molecule has 0 atom stereocenters. The van der Waals surface area contributed by atoms with Gasteiger partial charge in [0.1, 0.15) is 12.4 Å². The van der Waals surface area contributed by atoms with Gasteiger partial charge >= 0.3 is 5.69 Å². The Morgan fingerprint density at radius 3 is 2.72 bits per heavy atom. The van der Waals surface area contributed by atoms with Crippen LogP contribution in [0.3, 0.4) is 0 Å². The van der Waals surface area contributed by atoms with Gasteiger partial charge in [-0.15, -0.1) is 4.68 Å². The number of ether oxygens (including phenoxy) is 2. The first-order valence-corrected chi connectivity index (χ1v) is 10.3. The summed E-state index contributed by atoms with van der Waals surface area (Å²) in [7, 11) is 1.48. The Hall–Kier alpha value is -3.72. The second kappa shape index (κ2) is 9.19. The smallest absolute Gasteiger partial charge is 0.349 e. The van der Waals surface area contributed by atoms with E-state index in [1.807, 2.05) is 0 Å². The molecule has 0 saturated heterocycles. The number of rotatable bonds is 6. The molecule has 1 heterocycles. The zero-order valence-electron chi connectivity index (χ0n) is 16.8. The number of fused-ring (bicyclic) bond motifs is 1. The van der Waals surface area contributed by atoms with Crippen LogP contribution in [-0.4, -0.2) is 23.0 Å². The van der Waals surface area contributed by atoms with E-state index >= 15 is 0 Å². The number of hydrogen-bond donors (Lipinski definition) is 1. The van der Waals surface area contributed by atoms with Crippen molar-refractivity contribution in [1.82, 2.24) is 9.66 Å². The number of H-pyrrole nitrogens is 1. The van der Waals surface area contributed by atoms with Crippen molar-refractivity contribution in [2.45, 2.75) is 6.61 Å². The van der Waals surface area contributed by atoms with Crippen molar-refractivity contribution in [3.8, 4) is 11.5 Å². The predicted molar refractivity (Wildman–Crippen MR) is 123 cm³/mol. The van der Waals surface area contributed by atoms with Gasteiger partial charge in [0.15, 0.2) is 11.5 Å². The van der Waals surface area contributed by atoms with Gasteiger partial charge < -0.3 is 14.5 Å². The summed E-state index contributed by atoms with van der Waals surface area (Å²) < 4.78 is 26.2. The van der Waals surface area contributed by atoms with Crippen molar-refractivity contribution in [2.24, 2.45) is 5.10 Å². The lowest BCUT2D eigenvalue weighted by atomic mass is 10.2. The number of halogens is 2. The SMILES string of the molecule is COc1cc(Br)cc(C=Nn2c(=O)[nH]c3ccccc3c2=O)c1OCc1cccc(F)c1. The summed E-state index contributed by atoms with van der Waals surface area (Å²) in [6, 6.07) is 16.1. The van der Waals surface area contributed by atoms with Gasteiger partial charge in [0.2, 0.25) is 0 Å². The van der Waals surface area contributed by atoms with Gasteiger partial charge in [-0.1, -0.05) is 40.2 Å². The minimum absolute atomic E-state index is 0.0765. The molecule has 0 unspecified atom stereocenters. The monoisotopic (exact) mass is 497 g/mol. The second-order valence-electron chi connectivity index (χ2n) is 6.78. The highest BCUT2D eigenvalue weighted by atomic mass is 79.9. The van der Waals surface area contributed by atoms with Gasteiger partial charge in [0, 0.05) is 10.0 Å². The Bertz CT molecular complexity index is 1450. The molecule has 3 aromatic carbocycles. The van der Waals surface area contributed by atoms with Crippen LogP contribution in [0.1, 0.15) is 11.1 Å². The molecule has 0 radical (unpaired) electrons. The Morgan fingerprint density at radius 2 is 1.94 bits per heavy atom. The molecular formula is C23H17BrFN3O4. The van der Waals surface area contributed by atoms with E-state index in [-0.39, 0.29) is 12.4 Å². The average Bonchev–Trinajstić information content (AvgIpc) is 2.78. The largest absolute Gasteiger partial charge is 0.493 e. The third kappa shape index (κ3) is 4.47. The standard InChI is InChI=1S/C23H17BrFN3O4/c1-31-20-11-16(24)10-15(21(20)32-13-14-5-4-6-17(25)9-14)12-26-28-22(29)18-7-2-3-8-19(18)27-23(28)30/h2-12H,13H2,1H3,(H,27,30). The predicted octanol–water partition coefficient (Wildman–Crippen LogP) is 4.06. The number of benzene rings is 3. The zero-order valence-corrected chi connectivity index (χ0v) is 18.4. The summed E-state index contributed by atoms with van der Waals surface area (Å²) in [5.41, 5.74) is 0.281. The number of methoxy groups -OCH3 is 1. The van der Waals surface area contributed by atoms with E-state index in [9.17, 15) is 14.0 Å². The molecule has 0 saturated carbocycles. The van der Waals surface area contributed by atoms with Gasteiger partial charge in [-0.05, 0) is 42.0 Å². The molecule has 7 nitrogen and oxygen atoms in total. The quantitative estimate of drug-likeness (QED) is 0.407. The third-order valence-corrected chi connectivity index (χ3v) is 5.09. The van der Waals surface area contributed by atoms with E-state index in [0.29, 0.717) is 38.0 Å². The van der Waals surface area contributed by atoms with Crippen LogP contribution in [0.25, 0.3) is 10.9 Å². The molecule has 0 spiro atoms. The first-order valence-electron chi connectivity index (χ1n) is 9.49. The summed E-state index contributed by atoms with van der Waals surface area (Å²) in [4.78, 5) is 27.7. The van der Waals surface area contributed by atoms with Crippen LogP contribution in [0.2, 0.25) is 0 Å². The van der Waals surface area contributed by atoms with Crippen molar-refractivity contribution in [3.63, 3.8) is 0 Å². The van der Waals surface area contributed by atoms with Crippen molar-refractivity contribution in [2.75, 3.05) is 7.11 Å². The molecule has 0 aliphatic heterocycles. The molecule has 0 aliphatic rings. The number of nitrogens with one attached hydrogen (secondary N) is 1. The Labute approximate surface area is 189 Å². The van der Waals surface area contributed by atoms with E-state index in [4.69, 9.17) is 9.47 Å². The Morgan fingerprint density at radius 1 is 1.12 bits per heavy atom. The van der Waals surface area contributed by atoms with Crippen LogP contribution in [0.5, 0.6) is 11.5 Å². The molecule has 162 valence electrons. The molecule has 0 amide bonds. The normalized spacial score (nSPS) is 11.2. The molecule has 9 heteroatoms. The maximum Gasteiger partial charge on any atom is 0.349 e. The summed E-state index contributed by atoms with van der Waals surface area (Å²) in [5.74, 6) is 0.358. The van der Waals surface area contributed by atoms with E-state index in [1.165, 1.54) is 25.5 Å². The van der Waals surface area contributed by atoms with E-state index in [1.54, 1.807) is 48.5 Å². The fraction of sp³-hybridized carbons (Fsp3) is 0.0870. The van der Waals surface area contributed by atoms with Crippen molar-refractivity contribution < 1.29 is 13.9 Å². The van der Waals surface area contributed by atoms with Crippen LogP contribution in [0.15, 0.2) is 79.8 Å². The highest BCUT2D eigenvalue weighted by Crippen LogP contribution is 2.34. The first-order chi connectivity index (χ1) is 15.5. The zero-order chi connectivity index (χ0) is 22.7. The van der Waals surface area contributed by atoms with Crippen molar-refractivity contribution in [3.05, 3.63) is 103 Å². The van der Waals surface area contributed by atoms with E-state index < -0.39 is 11.2 Å². The van der Waals surface area contributed by atoms with Crippen LogP contribution in [0, 0.1) is 5.82 Å². The van der Waals surface area contributed by atoms with Gasteiger partial charge in [-0.2, -0.15) is 5.10 Å². The summed E-state index contributed by atoms with van der Waals surface area (Å²) in [5, 5.41) is 4.42. The highest BCUT2D eigenvalue weighted by molar-refractivity contribution is 9.10. The highest BCUT2D eigenvalue weighted by Gasteiger charge is 2.13. The fourth-order valence-corrected chi connectivity index (χ4v) is 3.61. The molecule has 4 aromatic rings. The van der Waals surface area contributed by atoms with Gasteiger partial charge in [-0.25, -0.2) is 9.18 Å². The summed E-state index contributed by atoms with van der Waals surface area (Å²) in [6.07, 6.45) is 1.33. The van der Waals surface area contributed by atoms with Gasteiger partial charge in [-0.3, -0.25) is 4.79 Å². The maximum absolute atomic E-state index is 13.5. The fourth-order valence-electron chi connectivity index (χ4n) is 3.15. The summed E-state index contributed by atoms with van der Waals surface area (Å²) >= 11 is 3.40. The molecule has 32 heavy (non-hydrogen) atoms. The number of aromatic nitrogens is 2. The minimum Gasteiger partial charge on any atom is -0.493 e. The average molecular weight is 498 g/mol. The van der Waals surface area contributed by atoms with Crippen molar-refractivity contribution in [1.29, 1.82) is 0 Å². The number of aromatic amines is 1. The number of nitrogens with zero attached hydrogens (tertiary/aromatic N) is 2.